The number of rotatable bonds is 8. The summed E-state index contributed by atoms with van der Waals surface area (Å²) >= 11 is 12.4. The lowest BCUT2D eigenvalue weighted by Gasteiger charge is -2.22. The number of primary amides is 1. The number of amides is 2. The van der Waals surface area contributed by atoms with Gasteiger partial charge in [-0.25, -0.2) is 13.2 Å². The molecular formula is C29H20Cl2F3N5O2. The fraction of sp³-hybridized carbons (Fsp3) is 0.103. The SMILES string of the molecule is NC(=O)c1cc(-c2cccnc2C(Cc2cc(F)cc(F)c2)NC(=O)Cn2ncc3c(Cl)cc(Cl)cc32)ccc1F. The summed E-state index contributed by atoms with van der Waals surface area (Å²) in [6, 6.07) is 12.4. The Morgan fingerprint density at radius 2 is 1.76 bits per heavy atom. The van der Waals surface area contributed by atoms with Gasteiger partial charge in [0.2, 0.25) is 5.91 Å². The fourth-order valence-electron chi connectivity index (χ4n) is 4.61. The molecule has 0 fully saturated rings. The molecule has 1 atom stereocenters. The zero-order valence-electron chi connectivity index (χ0n) is 21.0. The van der Waals surface area contributed by atoms with Gasteiger partial charge in [-0.2, -0.15) is 5.10 Å². The first-order valence-corrected chi connectivity index (χ1v) is 12.9. The van der Waals surface area contributed by atoms with E-state index in [1.54, 1.807) is 24.3 Å². The molecule has 0 radical (unpaired) electrons. The van der Waals surface area contributed by atoms with Gasteiger partial charge in [-0.05, 0) is 60.0 Å². The average Bonchev–Trinajstić information content (AvgIpc) is 3.30. The number of nitrogens with zero attached hydrogens (tertiary/aromatic N) is 3. The molecule has 0 aliphatic carbocycles. The summed E-state index contributed by atoms with van der Waals surface area (Å²) in [7, 11) is 0. The van der Waals surface area contributed by atoms with Crippen LogP contribution in [0.25, 0.3) is 22.0 Å². The molecule has 0 saturated heterocycles. The van der Waals surface area contributed by atoms with Gasteiger partial charge in [0.25, 0.3) is 5.91 Å². The van der Waals surface area contributed by atoms with Crippen LogP contribution in [0.15, 0.2) is 73.1 Å². The van der Waals surface area contributed by atoms with Crippen LogP contribution in [0.5, 0.6) is 0 Å². The van der Waals surface area contributed by atoms with E-state index >= 15 is 0 Å². The number of nitrogens with one attached hydrogen (secondary N) is 1. The molecule has 2 heterocycles. The molecule has 0 bridgehead atoms. The van der Waals surface area contributed by atoms with E-state index in [1.807, 2.05) is 0 Å². The van der Waals surface area contributed by atoms with Crippen molar-refractivity contribution in [1.82, 2.24) is 20.1 Å². The first kappa shape index (κ1) is 28.1. The second-order valence-electron chi connectivity index (χ2n) is 9.22. The molecule has 3 aromatic carbocycles. The third-order valence-electron chi connectivity index (χ3n) is 6.38. The zero-order valence-corrected chi connectivity index (χ0v) is 22.6. The molecular weight excluding hydrogens is 578 g/mol. The van der Waals surface area contributed by atoms with Crippen LogP contribution in [0.2, 0.25) is 10.0 Å². The molecule has 2 amide bonds. The van der Waals surface area contributed by atoms with Gasteiger partial charge in [0.05, 0.1) is 34.0 Å². The highest BCUT2D eigenvalue weighted by atomic mass is 35.5. The molecule has 208 valence electrons. The maximum atomic E-state index is 14.2. The predicted octanol–water partition coefficient (Wildman–Crippen LogP) is 6.02. The molecule has 2 aromatic heterocycles. The number of hydrogen-bond acceptors (Lipinski definition) is 4. The quantitative estimate of drug-likeness (QED) is 0.228. The van der Waals surface area contributed by atoms with E-state index < -0.39 is 35.3 Å². The molecule has 1 unspecified atom stereocenters. The number of hydrogen-bond donors (Lipinski definition) is 2. The normalized spacial score (nSPS) is 11.9. The van der Waals surface area contributed by atoms with Gasteiger partial charge in [-0.1, -0.05) is 35.3 Å². The van der Waals surface area contributed by atoms with Crippen molar-refractivity contribution in [3.63, 3.8) is 0 Å². The third kappa shape index (κ3) is 6.18. The van der Waals surface area contributed by atoms with Crippen molar-refractivity contribution >= 4 is 45.9 Å². The first-order valence-electron chi connectivity index (χ1n) is 12.2. The Bertz CT molecular complexity index is 1790. The van der Waals surface area contributed by atoms with Gasteiger partial charge >= 0.3 is 0 Å². The van der Waals surface area contributed by atoms with Crippen LogP contribution >= 0.6 is 23.2 Å². The Kier molecular flexibility index (Phi) is 7.96. The summed E-state index contributed by atoms with van der Waals surface area (Å²) in [5.74, 6) is -3.82. The Hall–Kier alpha value is -4.41. The van der Waals surface area contributed by atoms with E-state index in [0.29, 0.717) is 37.8 Å². The van der Waals surface area contributed by atoms with E-state index in [-0.39, 0.29) is 24.1 Å². The van der Waals surface area contributed by atoms with Crippen LogP contribution in [-0.2, 0) is 17.8 Å². The van der Waals surface area contributed by atoms with E-state index in [0.717, 1.165) is 24.3 Å². The van der Waals surface area contributed by atoms with Gasteiger partial charge < -0.3 is 11.1 Å². The Morgan fingerprint density at radius 1 is 1.00 bits per heavy atom. The molecule has 41 heavy (non-hydrogen) atoms. The Labute approximate surface area is 241 Å². The average molecular weight is 598 g/mol. The number of aromatic nitrogens is 3. The lowest BCUT2D eigenvalue weighted by atomic mass is 9.94. The van der Waals surface area contributed by atoms with Crippen molar-refractivity contribution in [2.24, 2.45) is 5.73 Å². The standard InChI is InChI=1S/C29H20Cl2F3N5O2/c30-17-10-23(31)22-13-37-39(26(22)11-17)14-27(40)38-25(8-15-6-18(32)12-19(33)7-15)28-20(2-1-5-36-28)16-3-4-24(34)21(9-16)29(35)41/h1-7,9-13,25H,8,14H2,(H2,35,41)(H,38,40). The topological polar surface area (TPSA) is 103 Å². The van der Waals surface area contributed by atoms with Crippen LogP contribution in [-0.4, -0.2) is 26.6 Å². The highest BCUT2D eigenvalue weighted by Crippen LogP contribution is 2.31. The van der Waals surface area contributed by atoms with Crippen molar-refractivity contribution in [1.29, 1.82) is 0 Å². The minimum atomic E-state index is -0.957. The van der Waals surface area contributed by atoms with Crippen molar-refractivity contribution in [2.75, 3.05) is 0 Å². The van der Waals surface area contributed by atoms with E-state index in [9.17, 15) is 22.8 Å². The highest BCUT2D eigenvalue weighted by molar-refractivity contribution is 6.38. The van der Waals surface area contributed by atoms with E-state index in [4.69, 9.17) is 28.9 Å². The molecule has 7 nitrogen and oxygen atoms in total. The highest BCUT2D eigenvalue weighted by Gasteiger charge is 2.23. The minimum absolute atomic E-state index is 0.0498. The van der Waals surface area contributed by atoms with E-state index in [1.165, 1.54) is 29.2 Å². The lowest BCUT2D eigenvalue weighted by molar-refractivity contribution is -0.122. The molecule has 0 saturated carbocycles. The minimum Gasteiger partial charge on any atom is -0.366 e. The maximum Gasteiger partial charge on any atom is 0.251 e. The monoisotopic (exact) mass is 597 g/mol. The van der Waals surface area contributed by atoms with Gasteiger partial charge in [-0.15, -0.1) is 0 Å². The number of fused-ring (bicyclic) bond motifs is 1. The van der Waals surface area contributed by atoms with Crippen molar-refractivity contribution in [3.05, 3.63) is 117 Å². The predicted molar refractivity (Wildman–Crippen MR) is 149 cm³/mol. The molecule has 0 aliphatic rings. The molecule has 0 aliphatic heterocycles. The number of benzene rings is 3. The summed E-state index contributed by atoms with van der Waals surface area (Å²) in [5, 5.41) is 8.45. The summed E-state index contributed by atoms with van der Waals surface area (Å²) < 4.78 is 43.7. The van der Waals surface area contributed by atoms with Crippen molar-refractivity contribution < 1.29 is 22.8 Å². The van der Waals surface area contributed by atoms with Gasteiger partial charge in [0.15, 0.2) is 0 Å². The number of halogens is 5. The van der Waals surface area contributed by atoms with Crippen LogP contribution in [0.4, 0.5) is 13.2 Å². The van der Waals surface area contributed by atoms with Crippen LogP contribution in [0, 0.1) is 17.5 Å². The molecule has 0 spiro atoms. The third-order valence-corrected chi connectivity index (χ3v) is 6.91. The second kappa shape index (κ2) is 11.6. The lowest BCUT2D eigenvalue weighted by Crippen LogP contribution is -2.34. The Morgan fingerprint density at radius 3 is 2.49 bits per heavy atom. The van der Waals surface area contributed by atoms with Crippen LogP contribution in [0.1, 0.15) is 27.7 Å². The van der Waals surface area contributed by atoms with E-state index in [2.05, 4.69) is 15.4 Å². The van der Waals surface area contributed by atoms with Crippen molar-refractivity contribution in [3.8, 4) is 11.1 Å². The Balaban J connectivity index is 1.53. The molecule has 12 heteroatoms. The second-order valence-corrected chi connectivity index (χ2v) is 10.1. The summed E-state index contributed by atoms with van der Waals surface area (Å²) in [4.78, 5) is 29.6. The van der Waals surface area contributed by atoms with Gasteiger partial charge in [0.1, 0.15) is 24.0 Å². The summed E-state index contributed by atoms with van der Waals surface area (Å²) in [5.41, 5.74) is 6.94. The van der Waals surface area contributed by atoms with Crippen molar-refractivity contribution in [2.45, 2.75) is 19.0 Å². The molecule has 5 aromatic rings. The molecule has 3 N–H and O–H groups in total. The fourth-order valence-corrected chi connectivity index (χ4v) is 5.14. The number of carbonyl (C=O) groups is 2. The zero-order chi connectivity index (χ0) is 29.3. The molecule has 5 rings (SSSR count). The van der Waals surface area contributed by atoms with Crippen LogP contribution < -0.4 is 11.1 Å². The number of carbonyl (C=O) groups excluding carboxylic acids is 2. The number of pyridine rings is 1. The smallest absolute Gasteiger partial charge is 0.251 e. The first-order chi connectivity index (χ1) is 19.6. The van der Waals surface area contributed by atoms with Gasteiger partial charge in [0, 0.05) is 28.2 Å². The van der Waals surface area contributed by atoms with Crippen LogP contribution in [0.3, 0.4) is 0 Å². The number of nitrogens with two attached hydrogens (primary N) is 1. The summed E-state index contributed by atoms with van der Waals surface area (Å²) in [6.07, 6.45) is 2.94. The van der Waals surface area contributed by atoms with Gasteiger partial charge in [-0.3, -0.25) is 19.3 Å². The largest absolute Gasteiger partial charge is 0.366 e. The summed E-state index contributed by atoms with van der Waals surface area (Å²) in [6.45, 7) is -0.237. The maximum absolute atomic E-state index is 14.2.